The molecule has 0 spiro atoms. The van der Waals surface area contributed by atoms with Gasteiger partial charge in [-0.15, -0.1) is 0 Å². The van der Waals surface area contributed by atoms with Gasteiger partial charge in [0.2, 0.25) is 0 Å². The second-order valence-electron chi connectivity index (χ2n) is 5.61. The number of carbonyl (C=O) groups is 1. The van der Waals surface area contributed by atoms with Crippen LogP contribution < -0.4 is 10.1 Å². The van der Waals surface area contributed by atoms with E-state index in [4.69, 9.17) is 16.3 Å². The van der Waals surface area contributed by atoms with Crippen molar-refractivity contribution in [3.8, 4) is 5.75 Å². The zero-order chi connectivity index (χ0) is 15.5. The fourth-order valence-corrected chi connectivity index (χ4v) is 2.88. The summed E-state index contributed by atoms with van der Waals surface area (Å²) < 4.78 is 5.50. The third-order valence-electron chi connectivity index (χ3n) is 3.83. The van der Waals surface area contributed by atoms with E-state index in [9.17, 15) is 4.79 Å². The van der Waals surface area contributed by atoms with Crippen LogP contribution in [0.5, 0.6) is 5.75 Å². The average molecular weight is 316 g/mol. The number of benzene rings is 2. The molecule has 4 heteroatoms. The Bertz CT molecular complexity index is 712. The van der Waals surface area contributed by atoms with Gasteiger partial charge in [0.25, 0.3) is 5.91 Å². The monoisotopic (exact) mass is 315 g/mol. The molecule has 0 bridgehead atoms. The van der Waals surface area contributed by atoms with Crippen molar-refractivity contribution < 1.29 is 9.53 Å². The van der Waals surface area contributed by atoms with Gasteiger partial charge in [0.15, 0.2) is 6.61 Å². The molecular weight excluding hydrogens is 298 g/mol. The van der Waals surface area contributed by atoms with Crippen molar-refractivity contribution in [1.82, 2.24) is 0 Å². The highest BCUT2D eigenvalue weighted by Gasteiger charge is 2.12. The maximum Gasteiger partial charge on any atom is 0.262 e. The minimum absolute atomic E-state index is 0.0553. The molecule has 1 amide bonds. The molecule has 114 valence electrons. The SMILES string of the molecule is Cc1ccc(Cl)c(OCC(=O)Nc2ccc3c(c2)CCC3)c1. The largest absolute Gasteiger partial charge is 0.482 e. The number of aryl methyl sites for hydroxylation is 3. The molecule has 0 unspecified atom stereocenters. The van der Waals surface area contributed by atoms with Gasteiger partial charge in [0.05, 0.1) is 5.02 Å². The first-order chi connectivity index (χ1) is 10.6. The van der Waals surface area contributed by atoms with Gasteiger partial charge >= 0.3 is 0 Å². The molecule has 0 aromatic heterocycles. The van der Waals surface area contributed by atoms with Crippen molar-refractivity contribution in [1.29, 1.82) is 0 Å². The summed E-state index contributed by atoms with van der Waals surface area (Å²) >= 11 is 6.05. The van der Waals surface area contributed by atoms with Crippen LogP contribution in [-0.4, -0.2) is 12.5 Å². The third-order valence-corrected chi connectivity index (χ3v) is 4.14. The van der Waals surface area contributed by atoms with Crippen LogP contribution in [0.1, 0.15) is 23.1 Å². The summed E-state index contributed by atoms with van der Waals surface area (Å²) in [7, 11) is 0. The normalized spacial score (nSPS) is 12.8. The van der Waals surface area contributed by atoms with E-state index in [1.807, 2.05) is 25.1 Å². The molecule has 0 fully saturated rings. The van der Waals surface area contributed by atoms with Crippen molar-refractivity contribution in [2.75, 3.05) is 11.9 Å². The van der Waals surface area contributed by atoms with E-state index in [-0.39, 0.29) is 12.5 Å². The number of ether oxygens (including phenoxy) is 1. The molecule has 3 rings (SSSR count). The van der Waals surface area contributed by atoms with Crippen LogP contribution >= 0.6 is 11.6 Å². The number of nitrogens with one attached hydrogen (secondary N) is 1. The lowest BCUT2D eigenvalue weighted by Gasteiger charge is -2.10. The minimum atomic E-state index is -0.185. The Hall–Kier alpha value is -2.00. The molecule has 1 N–H and O–H groups in total. The van der Waals surface area contributed by atoms with Crippen LogP contribution in [0.4, 0.5) is 5.69 Å². The second-order valence-corrected chi connectivity index (χ2v) is 6.01. The molecule has 0 saturated carbocycles. The molecular formula is C18H18ClNO2. The van der Waals surface area contributed by atoms with Crippen molar-refractivity contribution in [3.63, 3.8) is 0 Å². The van der Waals surface area contributed by atoms with Gasteiger partial charge in [-0.25, -0.2) is 0 Å². The molecule has 0 heterocycles. The number of amides is 1. The standard InChI is InChI=1S/C18H18ClNO2/c1-12-5-8-16(19)17(9-12)22-11-18(21)20-15-7-6-13-3-2-4-14(13)10-15/h5-10H,2-4,11H2,1H3,(H,20,21). The maximum atomic E-state index is 12.0. The van der Waals surface area contributed by atoms with E-state index in [0.29, 0.717) is 10.8 Å². The van der Waals surface area contributed by atoms with Crippen LogP contribution in [0.2, 0.25) is 5.02 Å². The molecule has 0 saturated heterocycles. The third kappa shape index (κ3) is 3.42. The van der Waals surface area contributed by atoms with Crippen LogP contribution in [0.3, 0.4) is 0 Å². The molecule has 22 heavy (non-hydrogen) atoms. The zero-order valence-electron chi connectivity index (χ0n) is 12.5. The van der Waals surface area contributed by atoms with Gasteiger partial charge in [0.1, 0.15) is 5.75 Å². The van der Waals surface area contributed by atoms with Crippen molar-refractivity contribution >= 4 is 23.2 Å². The fraction of sp³-hybridized carbons (Fsp3) is 0.278. The number of hydrogen-bond donors (Lipinski definition) is 1. The number of fused-ring (bicyclic) bond motifs is 1. The molecule has 1 aliphatic carbocycles. The predicted molar refractivity (Wildman–Crippen MR) is 88.8 cm³/mol. The highest BCUT2D eigenvalue weighted by Crippen LogP contribution is 2.26. The summed E-state index contributed by atoms with van der Waals surface area (Å²) in [5.74, 6) is 0.348. The topological polar surface area (TPSA) is 38.3 Å². The summed E-state index contributed by atoms with van der Waals surface area (Å²) in [6.07, 6.45) is 3.43. The number of carbonyl (C=O) groups excluding carboxylic acids is 1. The lowest BCUT2D eigenvalue weighted by molar-refractivity contribution is -0.118. The zero-order valence-corrected chi connectivity index (χ0v) is 13.2. The number of halogens is 1. The maximum absolute atomic E-state index is 12.0. The summed E-state index contributed by atoms with van der Waals surface area (Å²) in [5.41, 5.74) is 4.59. The predicted octanol–water partition coefficient (Wildman–Crippen LogP) is 4.15. The quantitative estimate of drug-likeness (QED) is 0.920. The summed E-state index contributed by atoms with van der Waals surface area (Å²) in [4.78, 5) is 12.0. The smallest absolute Gasteiger partial charge is 0.262 e. The Morgan fingerprint density at radius 3 is 2.86 bits per heavy atom. The van der Waals surface area contributed by atoms with Gasteiger partial charge in [-0.1, -0.05) is 23.7 Å². The lowest BCUT2D eigenvalue weighted by atomic mass is 10.1. The number of hydrogen-bond acceptors (Lipinski definition) is 2. The Morgan fingerprint density at radius 2 is 2.00 bits per heavy atom. The molecule has 2 aromatic carbocycles. The molecule has 0 atom stereocenters. The first-order valence-corrected chi connectivity index (χ1v) is 7.80. The molecule has 0 aliphatic heterocycles. The van der Waals surface area contributed by atoms with Gasteiger partial charge in [0, 0.05) is 5.69 Å². The van der Waals surface area contributed by atoms with E-state index in [1.165, 1.54) is 17.5 Å². The van der Waals surface area contributed by atoms with Crippen LogP contribution in [0.15, 0.2) is 36.4 Å². The van der Waals surface area contributed by atoms with Crippen molar-refractivity contribution in [2.45, 2.75) is 26.2 Å². The van der Waals surface area contributed by atoms with E-state index in [0.717, 1.165) is 24.1 Å². The Labute approximate surface area is 135 Å². The molecule has 0 radical (unpaired) electrons. The lowest BCUT2D eigenvalue weighted by Crippen LogP contribution is -2.20. The van der Waals surface area contributed by atoms with Gasteiger partial charge in [-0.05, 0) is 67.1 Å². The van der Waals surface area contributed by atoms with Crippen LogP contribution in [-0.2, 0) is 17.6 Å². The van der Waals surface area contributed by atoms with Gasteiger partial charge in [-0.3, -0.25) is 4.79 Å². The highest BCUT2D eigenvalue weighted by atomic mass is 35.5. The van der Waals surface area contributed by atoms with Crippen LogP contribution in [0, 0.1) is 6.92 Å². The van der Waals surface area contributed by atoms with Crippen molar-refractivity contribution in [2.24, 2.45) is 0 Å². The van der Waals surface area contributed by atoms with E-state index >= 15 is 0 Å². The first-order valence-electron chi connectivity index (χ1n) is 7.42. The highest BCUT2D eigenvalue weighted by molar-refractivity contribution is 6.32. The van der Waals surface area contributed by atoms with Gasteiger partial charge < -0.3 is 10.1 Å². The van der Waals surface area contributed by atoms with E-state index in [1.54, 1.807) is 6.07 Å². The first kappa shape index (κ1) is 14.9. The minimum Gasteiger partial charge on any atom is -0.482 e. The van der Waals surface area contributed by atoms with E-state index in [2.05, 4.69) is 17.4 Å². The van der Waals surface area contributed by atoms with Crippen LogP contribution in [0.25, 0.3) is 0 Å². The summed E-state index contributed by atoms with van der Waals surface area (Å²) in [6, 6.07) is 11.6. The molecule has 1 aliphatic rings. The fourth-order valence-electron chi connectivity index (χ4n) is 2.71. The average Bonchev–Trinajstić information content (AvgIpc) is 2.96. The number of anilines is 1. The summed E-state index contributed by atoms with van der Waals surface area (Å²) in [6.45, 7) is 1.90. The Morgan fingerprint density at radius 1 is 1.18 bits per heavy atom. The summed E-state index contributed by atoms with van der Waals surface area (Å²) in [5, 5.41) is 3.38. The Balaban J connectivity index is 1.59. The van der Waals surface area contributed by atoms with E-state index < -0.39 is 0 Å². The molecule has 3 nitrogen and oxygen atoms in total. The number of rotatable bonds is 4. The molecule has 2 aromatic rings. The van der Waals surface area contributed by atoms with Gasteiger partial charge in [-0.2, -0.15) is 0 Å². The second kappa shape index (κ2) is 6.41. The Kier molecular flexibility index (Phi) is 4.34. The van der Waals surface area contributed by atoms with Crippen molar-refractivity contribution in [3.05, 3.63) is 58.1 Å².